The Kier molecular flexibility index (Phi) is 7.87. The smallest absolute Gasteiger partial charge is 0.0102 e. The molecule has 0 aliphatic carbocycles. The van der Waals surface area contributed by atoms with Gasteiger partial charge in [-0.3, -0.25) is 0 Å². The Bertz CT molecular complexity index is 321. The van der Waals surface area contributed by atoms with Crippen molar-refractivity contribution in [2.75, 3.05) is 11.5 Å². The molecule has 0 aliphatic rings. The van der Waals surface area contributed by atoms with Gasteiger partial charge >= 0.3 is 0 Å². The lowest BCUT2D eigenvalue weighted by Gasteiger charge is -2.07. The summed E-state index contributed by atoms with van der Waals surface area (Å²) >= 11 is 3.99. The summed E-state index contributed by atoms with van der Waals surface area (Å²) in [5.74, 6) is 2.50. The number of hydrogen-bond donors (Lipinski definition) is 0. The van der Waals surface area contributed by atoms with E-state index in [0.717, 1.165) is 0 Å². The highest BCUT2D eigenvalue weighted by Crippen LogP contribution is 2.28. The van der Waals surface area contributed by atoms with Crippen molar-refractivity contribution in [3.05, 3.63) is 23.8 Å². The number of thioether (sulfide) groups is 2. The van der Waals surface area contributed by atoms with E-state index in [0.29, 0.717) is 0 Å². The van der Waals surface area contributed by atoms with Crippen LogP contribution in [0, 0.1) is 6.92 Å². The SMILES string of the molecule is CCCCSc1ccc(SCCCC)c(C)c1. The average molecular weight is 268 g/mol. The normalized spacial score (nSPS) is 10.8. The van der Waals surface area contributed by atoms with Crippen LogP contribution in [0.4, 0.5) is 0 Å². The molecular weight excluding hydrogens is 244 g/mol. The summed E-state index contributed by atoms with van der Waals surface area (Å²) in [7, 11) is 0. The summed E-state index contributed by atoms with van der Waals surface area (Å²) in [6, 6.07) is 6.92. The first-order chi connectivity index (χ1) is 8.27. The summed E-state index contributed by atoms with van der Waals surface area (Å²) in [6.45, 7) is 6.73. The van der Waals surface area contributed by atoms with E-state index in [-0.39, 0.29) is 0 Å². The summed E-state index contributed by atoms with van der Waals surface area (Å²) in [5.41, 5.74) is 1.44. The summed E-state index contributed by atoms with van der Waals surface area (Å²) < 4.78 is 0. The number of unbranched alkanes of at least 4 members (excludes halogenated alkanes) is 2. The predicted octanol–water partition coefficient (Wildman–Crippen LogP) is 5.78. The Morgan fingerprint density at radius 1 is 0.941 bits per heavy atom. The number of rotatable bonds is 8. The second-order valence-electron chi connectivity index (χ2n) is 4.33. The second-order valence-corrected chi connectivity index (χ2v) is 6.64. The Hall–Kier alpha value is -0.0800. The number of hydrogen-bond acceptors (Lipinski definition) is 2. The largest absolute Gasteiger partial charge is 0.126 e. The van der Waals surface area contributed by atoms with E-state index in [9.17, 15) is 0 Å². The molecule has 0 heterocycles. The average Bonchev–Trinajstić information content (AvgIpc) is 2.32. The van der Waals surface area contributed by atoms with Crippen LogP contribution in [0.15, 0.2) is 28.0 Å². The molecular formula is C15H24S2. The first-order valence-corrected chi connectivity index (χ1v) is 8.61. The highest BCUT2D eigenvalue weighted by Gasteiger charge is 2.01. The first-order valence-electron chi connectivity index (χ1n) is 6.64. The third kappa shape index (κ3) is 5.87. The molecule has 0 radical (unpaired) electrons. The van der Waals surface area contributed by atoms with Crippen LogP contribution in [0.25, 0.3) is 0 Å². The maximum Gasteiger partial charge on any atom is 0.0102 e. The highest BCUT2D eigenvalue weighted by atomic mass is 32.2. The minimum atomic E-state index is 1.25. The molecule has 17 heavy (non-hydrogen) atoms. The fourth-order valence-electron chi connectivity index (χ4n) is 1.53. The van der Waals surface area contributed by atoms with Gasteiger partial charge in [0, 0.05) is 9.79 Å². The van der Waals surface area contributed by atoms with E-state index in [1.807, 2.05) is 23.5 Å². The van der Waals surface area contributed by atoms with Gasteiger partial charge in [-0.15, -0.1) is 23.5 Å². The van der Waals surface area contributed by atoms with E-state index in [4.69, 9.17) is 0 Å². The van der Waals surface area contributed by atoms with Gasteiger partial charge in [0.2, 0.25) is 0 Å². The highest BCUT2D eigenvalue weighted by molar-refractivity contribution is 7.99. The molecule has 0 aliphatic heterocycles. The second kappa shape index (κ2) is 8.93. The zero-order chi connectivity index (χ0) is 12.5. The van der Waals surface area contributed by atoms with Gasteiger partial charge in [0.05, 0.1) is 0 Å². The Morgan fingerprint density at radius 2 is 1.59 bits per heavy atom. The molecule has 0 amide bonds. The first kappa shape index (κ1) is 15.0. The lowest BCUT2D eigenvalue weighted by molar-refractivity contribution is 0.895. The monoisotopic (exact) mass is 268 g/mol. The molecule has 0 nitrogen and oxygen atoms in total. The van der Waals surface area contributed by atoms with Crippen LogP contribution in [-0.4, -0.2) is 11.5 Å². The minimum Gasteiger partial charge on any atom is -0.126 e. The summed E-state index contributed by atoms with van der Waals surface area (Å²) in [5, 5.41) is 0. The van der Waals surface area contributed by atoms with Gasteiger partial charge in [0.1, 0.15) is 0 Å². The molecule has 0 unspecified atom stereocenters. The van der Waals surface area contributed by atoms with Crippen LogP contribution in [0.2, 0.25) is 0 Å². The maximum absolute atomic E-state index is 2.34. The van der Waals surface area contributed by atoms with E-state index in [1.54, 1.807) is 0 Å². The lowest BCUT2D eigenvalue weighted by atomic mass is 10.2. The van der Waals surface area contributed by atoms with Crippen LogP contribution < -0.4 is 0 Å². The third-order valence-electron chi connectivity index (χ3n) is 2.67. The molecule has 2 heteroatoms. The van der Waals surface area contributed by atoms with Crippen molar-refractivity contribution < 1.29 is 0 Å². The van der Waals surface area contributed by atoms with Gasteiger partial charge in [-0.05, 0) is 55.0 Å². The van der Waals surface area contributed by atoms with Crippen molar-refractivity contribution in [3.8, 4) is 0 Å². The molecule has 0 bridgehead atoms. The van der Waals surface area contributed by atoms with Crippen molar-refractivity contribution in [2.45, 2.75) is 56.2 Å². The van der Waals surface area contributed by atoms with Gasteiger partial charge in [-0.25, -0.2) is 0 Å². The molecule has 96 valence electrons. The van der Waals surface area contributed by atoms with Crippen LogP contribution in [0.5, 0.6) is 0 Å². The topological polar surface area (TPSA) is 0 Å². The third-order valence-corrected chi connectivity index (χ3v) is 5.01. The summed E-state index contributed by atoms with van der Waals surface area (Å²) in [4.78, 5) is 2.88. The van der Waals surface area contributed by atoms with E-state index >= 15 is 0 Å². The fourth-order valence-corrected chi connectivity index (χ4v) is 3.73. The van der Waals surface area contributed by atoms with Crippen molar-refractivity contribution in [3.63, 3.8) is 0 Å². The van der Waals surface area contributed by atoms with Crippen LogP contribution in [0.3, 0.4) is 0 Å². The molecule has 0 aromatic heterocycles. The Labute approximate surface area is 115 Å². The summed E-state index contributed by atoms with van der Waals surface area (Å²) in [6.07, 6.45) is 5.21. The molecule has 1 aromatic carbocycles. The van der Waals surface area contributed by atoms with Gasteiger partial charge in [-0.1, -0.05) is 26.7 Å². The molecule has 1 aromatic rings. The molecule has 0 fully saturated rings. The quantitative estimate of drug-likeness (QED) is 0.433. The van der Waals surface area contributed by atoms with Crippen molar-refractivity contribution in [1.82, 2.24) is 0 Å². The molecule has 0 N–H and O–H groups in total. The maximum atomic E-state index is 2.34. The van der Waals surface area contributed by atoms with E-state index < -0.39 is 0 Å². The standard InChI is InChI=1S/C15H24S2/c1-4-6-10-16-14-8-9-15(13(3)12-14)17-11-7-5-2/h8-9,12H,4-7,10-11H2,1-3H3. The van der Waals surface area contributed by atoms with E-state index in [1.165, 1.54) is 52.5 Å². The minimum absolute atomic E-state index is 1.25. The zero-order valence-corrected chi connectivity index (χ0v) is 12.9. The number of benzene rings is 1. The number of aryl methyl sites for hydroxylation is 1. The van der Waals surface area contributed by atoms with Crippen LogP contribution >= 0.6 is 23.5 Å². The van der Waals surface area contributed by atoms with Gasteiger partial charge in [0.25, 0.3) is 0 Å². The molecule has 0 spiro atoms. The van der Waals surface area contributed by atoms with E-state index in [2.05, 4.69) is 39.0 Å². The van der Waals surface area contributed by atoms with Crippen molar-refractivity contribution >= 4 is 23.5 Å². The van der Waals surface area contributed by atoms with Crippen molar-refractivity contribution in [1.29, 1.82) is 0 Å². The zero-order valence-electron chi connectivity index (χ0n) is 11.3. The van der Waals surface area contributed by atoms with Crippen molar-refractivity contribution in [2.24, 2.45) is 0 Å². The van der Waals surface area contributed by atoms with Crippen LogP contribution in [0.1, 0.15) is 45.1 Å². The molecule has 0 saturated carbocycles. The molecule has 0 atom stereocenters. The predicted molar refractivity (Wildman–Crippen MR) is 82.4 cm³/mol. The fraction of sp³-hybridized carbons (Fsp3) is 0.600. The van der Waals surface area contributed by atoms with Gasteiger partial charge in [-0.2, -0.15) is 0 Å². The lowest BCUT2D eigenvalue weighted by Crippen LogP contribution is -1.85. The van der Waals surface area contributed by atoms with Gasteiger partial charge < -0.3 is 0 Å². The Morgan fingerprint density at radius 3 is 2.18 bits per heavy atom. The van der Waals surface area contributed by atoms with Gasteiger partial charge in [0.15, 0.2) is 0 Å². The molecule has 0 saturated heterocycles. The molecule has 1 rings (SSSR count). The van der Waals surface area contributed by atoms with Crippen LogP contribution in [-0.2, 0) is 0 Å². The Balaban J connectivity index is 2.47.